The van der Waals surface area contributed by atoms with Crippen LogP contribution in [0.3, 0.4) is 0 Å². The fraction of sp³-hybridized carbons (Fsp3) is 0.133. The summed E-state index contributed by atoms with van der Waals surface area (Å²) in [5.74, 6) is -0.123. The number of benzene rings is 2. The fourth-order valence-electron chi connectivity index (χ4n) is 1.70. The second-order valence-corrected chi connectivity index (χ2v) is 3.97. The lowest BCUT2D eigenvalue weighted by Crippen LogP contribution is -1.98. The summed E-state index contributed by atoms with van der Waals surface area (Å²) in [5, 5.41) is 12.1. The van der Waals surface area contributed by atoms with Crippen LogP contribution in [0.15, 0.2) is 48.5 Å². The van der Waals surface area contributed by atoms with Crippen LogP contribution >= 0.6 is 0 Å². The Morgan fingerprint density at radius 2 is 1.89 bits per heavy atom. The fourth-order valence-corrected chi connectivity index (χ4v) is 1.70. The molecule has 0 spiro atoms. The molecule has 2 N–H and O–H groups in total. The number of ether oxygens (including phenoxy) is 1. The van der Waals surface area contributed by atoms with Crippen LogP contribution in [0, 0.1) is 0 Å². The van der Waals surface area contributed by atoms with E-state index in [1.807, 2.05) is 37.3 Å². The Balaban J connectivity index is 2.12. The second kappa shape index (κ2) is 5.91. The largest absolute Gasteiger partial charge is 0.494 e. The summed E-state index contributed by atoms with van der Waals surface area (Å²) in [5.41, 5.74) is 1.88. The number of aromatic carboxylic acids is 1. The number of carboxylic acid groups (broad SMARTS) is 1. The van der Waals surface area contributed by atoms with Gasteiger partial charge in [0, 0.05) is 11.4 Å². The van der Waals surface area contributed by atoms with Gasteiger partial charge >= 0.3 is 5.97 Å². The molecule has 0 heterocycles. The van der Waals surface area contributed by atoms with Crippen molar-refractivity contribution in [1.29, 1.82) is 0 Å². The molecule has 0 fully saturated rings. The lowest BCUT2D eigenvalue weighted by atomic mass is 10.2. The van der Waals surface area contributed by atoms with Gasteiger partial charge < -0.3 is 15.2 Å². The summed E-state index contributed by atoms with van der Waals surface area (Å²) in [4.78, 5) is 10.9. The first-order chi connectivity index (χ1) is 9.19. The molecule has 0 aromatic heterocycles. The minimum Gasteiger partial charge on any atom is -0.494 e. The van der Waals surface area contributed by atoms with E-state index in [2.05, 4.69) is 5.32 Å². The average Bonchev–Trinajstić information content (AvgIpc) is 2.42. The van der Waals surface area contributed by atoms with Gasteiger partial charge in [0.05, 0.1) is 12.2 Å². The van der Waals surface area contributed by atoms with E-state index < -0.39 is 5.97 Å². The van der Waals surface area contributed by atoms with Crippen LogP contribution in [0.1, 0.15) is 17.3 Å². The SMILES string of the molecule is CCOc1ccc(Nc2cccc(C(=O)O)c2)cc1. The first-order valence-corrected chi connectivity index (χ1v) is 6.02. The Hall–Kier alpha value is -2.49. The van der Waals surface area contributed by atoms with Crippen molar-refractivity contribution < 1.29 is 14.6 Å². The number of hydrogen-bond acceptors (Lipinski definition) is 3. The highest BCUT2D eigenvalue weighted by Gasteiger charge is 2.03. The topological polar surface area (TPSA) is 58.6 Å². The van der Waals surface area contributed by atoms with Crippen molar-refractivity contribution >= 4 is 17.3 Å². The van der Waals surface area contributed by atoms with Crippen LogP contribution in [0.25, 0.3) is 0 Å². The molecule has 19 heavy (non-hydrogen) atoms. The van der Waals surface area contributed by atoms with Gasteiger partial charge in [-0.2, -0.15) is 0 Å². The predicted octanol–water partition coefficient (Wildman–Crippen LogP) is 3.53. The maximum absolute atomic E-state index is 10.9. The number of anilines is 2. The van der Waals surface area contributed by atoms with Crippen molar-refractivity contribution in [2.24, 2.45) is 0 Å². The maximum Gasteiger partial charge on any atom is 0.335 e. The Morgan fingerprint density at radius 1 is 1.16 bits per heavy atom. The average molecular weight is 257 g/mol. The monoisotopic (exact) mass is 257 g/mol. The number of carbonyl (C=O) groups is 1. The molecule has 0 radical (unpaired) electrons. The third-order valence-electron chi connectivity index (χ3n) is 2.56. The van der Waals surface area contributed by atoms with Crippen LogP contribution in [0.5, 0.6) is 5.75 Å². The minimum absolute atomic E-state index is 0.260. The van der Waals surface area contributed by atoms with Gasteiger partial charge in [-0.3, -0.25) is 0 Å². The van der Waals surface area contributed by atoms with Crippen molar-refractivity contribution in [2.45, 2.75) is 6.92 Å². The van der Waals surface area contributed by atoms with E-state index in [1.54, 1.807) is 18.2 Å². The normalized spacial score (nSPS) is 9.95. The quantitative estimate of drug-likeness (QED) is 0.860. The Bertz CT molecular complexity index is 564. The van der Waals surface area contributed by atoms with Crippen LogP contribution < -0.4 is 10.1 Å². The molecule has 0 aliphatic heterocycles. The first-order valence-electron chi connectivity index (χ1n) is 6.02. The van der Waals surface area contributed by atoms with Crippen molar-refractivity contribution in [3.8, 4) is 5.75 Å². The summed E-state index contributed by atoms with van der Waals surface area (Å²) < 4.78 is 5.36. The molecule has 0 amide bonds. The zero-order valence-corrected chi connectivity index (χ0v) is 10.6. The third kappa shape index (κ3) is 3.48. The summed E-state index contributed by atoms with van der Waals surface area (Å²) in [6.45, 7) is 2.57. The van der Waals surface area contributed by atoms with E-state index in [1.165, 1.54) is 0 Å². The molecule has 0 aliphatic carbocycles. The number of nitrogens with one attached hydrogen (secondary N) is 1. The molecular formula is C15H15NO3. The van der Waals surface area contributed by atoms with E-state index in [0.717, 1.165) is 17.1 Å². The van der Waals surface area contributed by atoms with Gasteiger partial charge in [-0.1, -0.05) is 6.07 Å². The van der Waals surface area contributed by atoms with Gasteiger partial charge in [0.25, 0.3) is 0 Å². The van der Waals surface area contributed by atoms with Crippen molar-refractivity contribution in [3.63, 3.8) is 0 Å². The summed E-state index contributed by atoms with van der Waals surface area (Å²) in [6.07, 6.45) is 0. The Labute approximate surface area is 111 Å². The minimum atomic E-state index is -0.935. The molecule has 2 aromatic rings. The molecule has 4 nitrogen and oxygen atoms in total. The lowest BCUT2D eigenvalue weighted by Gasteiger charge is -2.08. The molecule has 0 unspecified atom stereocenters. The highest BCUT2D eigenvalue weighted by molar-refractivity contribution is 5.89. The van der Waals surface area contributed by atoms with Gasteiger partial charge in [-0.05, 0) is 49.4 Å². The van der Waals surface area contributed by atoms with Crippen LogP contribution in [-0.4, -0.2) is 17.7 Å². The molecule has 0 saturated heterocycles. The van der Waals surface area contributed by atoms with Crippen molar-refractivity contribution in [2.75, 3.05) is 11.9 Å². The summed E-state index contributed by atoms with van der Waals surface area (Å²) in [6, 6.07) is 14.2. The molecule has 0 aliphatic rings. The van der Waals surface area contributed by atoms with E-state index in [4.69, 9.17) is 9.84 Å². The lowest BCUT2D eigenvalue weighted by molar-refractivity contribution is 0.0697. The molecule has 0 saturated carbocycles. The Morgan fingerprint density at radius 3 is 2.53 bits per heavy atom. The standard InChI is InChI=1S/C15H15NO3/c1-2-19-14-8-6-12(7-9-14)16-13-5-3-4-11(10-13)15(17)18/h3-10,16H,2H2,1H3,(H,17,18). The smallest absolute Gasteiger partial charge is 0.335 e. The highest BCUT2D eigenvalue weighted by Crippen LogP contribution is 2.20. The van der Waals surface area contributed by atoms with Crippen LogP contribution in [0.2, 0.25) is 0 Å². The van der Waals surface area contributed by atoms with E-state index in [9.17, 15) is 4.79 Å². The number of rotatable bonds is 5. The summed E-state index contributed by atoms with van der Waals surface area (Å²) in [7, 11) is 0. The molecular weight excluding hydrogens is 242 g/mol. The Kier molecular flexibility index (Phi) is 4.03. The zero-order valence-electron chi connectivity index (χ0n) is 10.6. The number of carboxylic acids is 1. The molecule has 2 aromatic carbocycles. The van der Waals surface area contributed by atoms with Crippen molar-refractivity contribution in [1.82, 2.24) is 0 Å². The van der Waals surface area contributed by atoms with Crippen LogP contribution in [0.4, 0.5) is 11.4 Å². The molecule has 4 heteroatoms. The van der Waals surface area contributed by atoms with Gasteiger partial charge in [0.2, 0.25) is 0 Å². The number of hydrogen-bond donors (Lipinski definition) is 2. The maximum atomic E-state index is 10.9. The van der Waals surface area contributed by atoms with Gasteiger partial charge in [-0.15, -0.1) is 0 Å². The molecule has 98 valence electrons. The van der Waals surface area contributed by atoms with Crippen LogP contribution in [-0.2, 0) is 0 Å². The summed E-state index contributed by atoms with van der Waals surface area (Å²) >= 11 is 0. The van der Waals surface area contributed by atoms with E-state index >= 15 is 0 Å². The first kappa shape index (κ1) is 13.0. The molecule has 0 bridgehead atoms. The zero-order chi connectivity index (χ0) is 13.7. The predicted molar refractivity (Wildman–Crippen MR) is 74.3 cm³/mol. The third-order valence-corrected chi connectivity index (χ3v) is 2.56. The van der Waals surface area contributed by atoms with Gasteiger partial charge in [0.1, 0.15) is 5.75 Å². The second-order valence-electron chi connectivity index (χ2n) is 3.97. The van der Waals surface area contributed by atoms with E-state index in [0.29, 0.717) is 6.61 Å². The van der Waals surface area contributed by atoms with Gasteiger partial charge in [0.15, 0.2) is 0 Å². The van der Waals surface area contributed by atoms with Gasteiger partial charge in [-0.25, -0.2) is 4.79 Å². The molecule has 0 atom stereocenters. The van der Waals surface area contributed by atoms with Crippen molar-refractivity contribution in [3.05, 3.63) is 54.1 Å². The highest BCUT2D eigenvalue weighted by atomic mass is 16.5. The molecule has 2 rings (SSSR count). The van der Waals surface area contributed by atoms with E-state index in [-0.39, 0.29) is 5.56 Å².